The van der Waals surface area contributed by atoms with Crippen molar-refractivity contribution in [3.8, 4) is 5.75 Å². The van der Waals surface area contributed by atoms with Crippen LogP contribution in [-0.2, 0) is 0 Å². The Hall–Kier alpha value is -2.25. The smallest absolute Gasteiger partial charge is 0.147 e. The molecular formula is C22H24BrFN4O. The lowest BCUT2D eigenvalue weighted by Crippen LogP contribution is -2.32. The van der Waals surface area contributed by atoms with Gasteiger partial charge in [-0.3, -0.25) is 0 Å². The number of likely N-dealkylation sites (tertiary alicyclic amines) is 1. The van der Waals surface area contributed by atoms with E-state index in [0.29, 0.717) is 9.86 Å². The standard InChI is InChI=1S/C22H24BrFN4O/c1-14-9-17-20(11-21(14)29-12-15-5-7-28(2)8-6-15)25-13-26-22(17)27-19-4-3-16(23)10-18(19)24/h3-4,9-11,13,15H,5-8,12H2,1-2H3,(H,25,26,27)/i5D2,6D2,7D2,8D2,12D2,15D. The second-order valence-corrected chi connectivity index (χ2v) is 7.13. The lowest BCUT2D eigenvalue weighted by molar-refractivity contribution is 0.159. The third-order valence-corrected chi connectivity index (χ3v) is 4.57. The minimum atomic E-state index is -3.76. The molecule has 5 nitrogen and oxygen atoms in total. The largest absolute Gasteiger partial charge is 0.493 e. The van der Waals surface area contributed by atoms with Crippen LogP contribution >= 0.6 is 15.9 Å². The van der Waals surface area contributed by atoms with Gasteiger partial charge in [-0.2, -0.15) is 0 Å². The summed E-state index contributed by atoms with van der Waals surface area (Å²) in [6.45, 7) is -8.76. The van der Waals surface area contributed by atoms with E-state index in [1.165, 1.54) is 31.2 Å². The fourth-order valence-corrected chi connectivity index (χ4v) is 2.95. The number of aromatic nitrogens is 2. The molecule has 1 saturated heterocycles. The summed E-state index contributed by atoms with van der Waals surface area (Å²) in [6.07, 6.45) is -6.09. The van der Waals surface area contributed by atoms with Crippen molar-refractivity contribution in [1.82, 2.24) is 14.9 Å². The molecule has 152 valence electrons. The highest BCUT2D eigenvalue weighted by Gasteiger charge is 2.18. The molecule has 0 atom stereocenters. The van der Waals surface area contributed by atoms with E-state index < -0.39 is 44.0 Å². The summed E-state index contributed by atoms with van der Waals surface area (Å²) in [4.78, 5) is 8.44. The SMILES string of the molecule is [2H]C([2H])(Oc1cc2ncnc(Nc3ccc(Br)cc3F)c2cc1C)C1([2H])C([2H])([2H])C([2H])([2H])N(C)C([2H])([2H])C1([2H])[2H]. The maximum Gasteiger partial charge on any atom is 0.147 e. The van der Waals surface area contributed by atoms with Crippen LogP contribution in [0.4, 0.5) is 15.9 Å². The molecule has 3 aromatic rings. The zero-order valence-corrected chi connectivity index (χ0v) is 17.1. The van der Waals surface area contributed by atoms with Crippen molar-refractivity contribution < 1.29 is 24.2 Å². The number of nitrogens with one attached hydrogen (secondary N) is 1. The highest BCUT2D eigenvalue weighted by Crippen LogP contribution is 2.31. The van der Waals surface area contributed by atoms with Crippen molar-refractivity contribution in [2.45, 2.75) is 19.7 Å². The van der Waals surface area contributed by atoms with Gasteiger partial charge >= 0.3 is 0 Å². The third-order valence-electron chi connectivity index (χ3n) is 4.08. The number of ether oxygens (including phenoxy) is 1. The molecule has 1 aliphatic rings. The first-order valence-electron chi connectivity index (χ1n) is 14.0. The summed E-state index contributed by atoms with van der Waals surface area (Å²) in [5.41, 5.74) is 0.503. The Morgan fingerprint density at radius 1 is 1.34 bits per heavy atom. The fourth-order valence-electron chi connectivity index (χ4n) is 2.62. The van der Waals surface area contributed by atoms with Crippen LogP contribution in [0.1, 0.15) is 33.4 Å². The first-order valence-corrected chi connectivity index (χ1v) is 9.33. The van der Waals surface area contributed by atoms with E-state index in [1.807, 2.05) is 0 Å². The van der Waals surface area contributed by atoms with Crippen LogP contribution in [0.3, 0.4) is 0 Å². The lowest BCUT2D eigenvalue weighted by Gasteiger charge is -2.28. The van der Waals surface area contributed by atoms with E-state index >= 15 is 0 Å². The highest BCUT2D eigenvalue weighted by atomic mass is 79.9. The summed E-state index contributed by atoms with van der Waals surface area (Å²) in [7, 11) is 0.824. The van der Waals surface area contributed by atoms with Gasteiger partial charge in [-0.05, 0) is 75.4 Å². The second kappa shape index (κ2) is 8.63. The predicted octanol–water partition coefficient (Wildman–Crippen LogP) is 5.30. The van der Waals surface area contributed by atoms with Gasteiger partial charge in [0, 0.05) is 28.3 Å². The number of hydrogen-bond donors (Lipinski definition) is 1. The summed E-state index contributed by atoms with van der Waals surface area (Å²) in [5, 5.41) is 3.23. The van der Waals surface area contributed by atoms with Gasteiger partial charge in [-0.15, -0.1) is 0 Å². The molecule has 0 radical (unpaired) electrons. The molecule has 2 heterocycles. The minimum absolute atomic E-state index is 0.115. The maximum absolute atomic E-state index is 14.4. The Morgan fingerprint density at radius 3 is 2.90 bits per heavy atom. The molecule has 29 heavy (non-hydrogen) atoms. The van der Waals surface area contributed by atoms with Crippen LogP contribution in [0.25, 0.3) is 10.9 Å². The summed E-state index contributed by atoms with van der Waals surface area (Å²) < 4.78 is 113. The zero-order chi connectivity index (χ0) is 30.3. The van der Waals surface area contributed by atoms with Crippen molar-refractivity contribution in [2.24, 2.45) is 5.89 Å². The maximum atomic E-state index is 14.4. The van der Waals surface area contributed by atoms with Crippen LogP contribution in [0.5, 0.6) is 5.75 Å². The van der Waals surface area contributed by atoms with Gasteiger partial charge in [0.1, 0.15) is 23.7 Å². The van der Waals surface area contributed by atoms with Crippen molar-refractivity contribution in [3.05, 3.63) is 52.5 Å². The first-order chi connectivity index (χ1) is 18.1. The Kier molecular flexibility index (Phi) is 3.18. The second-order valence-electron chi connectivity index (χ2n) is 6.22. The number of fused-ring (bicyclic) bond motifs is 1. The topological polar surface area (TPSA) is 50.3 Å². The average Bonchev–Trinajstić information content (AvgIpc) is 2.84. The van der Waals surface area contributed by atoms with E-state index in [9.17, 15) is 4.39 Å². The molecule has 1 aliphatic heterocycles. The molecule has 2 aromatic carbocycles. The van der Waals surface area contributed by atoms with Crippen LogP contribution < -0.4 is 10.1 Å². The molecule has 0 unspecified atom stereocenters. The molecule has 0 aliphatic carbocycles. The number of rotatable bonds is 5. The van der Waals surface area contributed by atoms with Gasteiger partial charge < -0.3 is 15.0 Å². The Balaban J connectivity index is 1.80. The number of piperidine rings is 1. The van der Waals surface area contributed by atoms with E-state index in [0.717, 1.165) is 13.4 Å². The van der Waals surface area contributed by atoms with Gasteiger partial charge in [-0.1, -0.05) is 15.9 Å². The quantitative estimate of drug-likeness (QED) is 0.548. The number of hydrogen-bond acceptors (Lipinski definition) is 5. The van der Waals surface area contributed by atoms with Crippen LogP contribution in [0.15, 0.2) is 41.1 Å². The molecule has 1 N–H and O–H groups in total. The molecule has 0 spiro atoms. The fraction of sp³-hybridized carbons (Fsp3) is 0.364. The third kappa shape index (κ3) is 4.67. The van der Waals surface area contributed by atoms with Crippen LogP contribution in [0.2, 0.25) is 0 Å². The van der Waals surface area contributed by atoms with Crippen molar-refractivity contribution in [3.63, 3.8) is 0 Å². The molecule has 4 rings (SSSR count). The minimum Gasteiger partial charge on any atom is -0.493 e. The number of aryl methyl sites for hydroxylation is 1. The van der Waals surface area contributed by atoms with Gasteiger partial charge in [0.2, 0.25) is 0 Å². The Morgan fingerprint density at radius 2 is 2.14 bits per heavy atom. The molecule has 1 aromatic heterocycles. The molecule has 0 bridgehead atoms. The summed E-state index contributed by atoms with van der Waals surface area (Å²) in [6, 6.07) is 7.07. The summed E-state index contributed by atoms with van der Waals surface area (Å²) in [5.74, 6) is -4.40. The van der Waals surface area contributed by atoms with Crippen LogP contribution in [-0.4, -0.2) is 41.5 Å². The van der Waals surface area contributed by atoms with Crippen LogP contribution in [0, 0.1) is 18.6 Å². The Bertz CT molecular complexity index is 1460. The van der Waals surface area contributed by atoms with Crippen molar-refractivity contribution in [1.29, 1.82) is 0 Å². The number of anilines is 2. The predicted molar refractivity (Wildman–Crippen MR) is 117 cm³/mol. The van der Waals surface area contributed by atoms with E-state index in [2.05, 4.69) is 31.2 Å². The highest BCUT2D eigenvalue weighted by molar-refractivity contribution is 9.10. The number of nitrogens with zero attached hydrogens (tertiary/aromatic N) is 3. The number of benzene rings is 2. The Labute approximate surface area is 193 Å². The molecule has 1 fully saturated rings. The van der Waals surface area contributed by atoms with E-state index in [4.69, 9.17) is 19.8 Å². The van der Waals surface area contributed by atoms with E-state index in [-0.39, 0.29) is 33.2 Å². The van der Waals surface area contributed by atoms with Gasteiger partial charge in [0.25, 0.3) is 0 Å². The summed E-state index contributed by atoms with van der Waals surface area (Å²) >= 11 is 3.18. The molecular weight excluding hydrogens is 435 g/mol. The van der Waals surface area contributed by atoms with Crippen molar-refractivity contribution >= 4 is 38.3 Å². The number of halogens is 2. The molecule has 7 heteroatoms. The average molecular weight is 470 g/mol. The normalized spacial score (nSPS) is 29.7. The van der Waals surface area contributed by atoms with Crippen molar-refractivity contribution in [2.75, 3.05) is 31.9 Å². The molecule has 0 saturated carbocycles. The molecule has 0 amide bonds. The lowest BCUT2D eigenvalue weighted by atomic mass is 9.98. The van der Waals surface area contributed by atoms with Gasteiger partial charge in [0.05, 0.1) is 20.5 Å². The first kappa shape index (κ1) is 10.7. The zero-order valence-electron chi connectivity index (χ0n) is 26.5. The van der Waals surface area contributed by atoms with Gasteiger partial charge in [0.15, 0.2) is 0 Å². The monoisotopic (exact) mass is 469 g/mol. The van der Waals surface area contributed by atoms with E-state index in [1.54, 1.807) is 6.07 Å². The van der Waals surface area contributed by atoms with Gasteiger partial charge in [-0.25, -0.2) is 14.4 Å².